The topological polar surface area (TPSA) is 76.7 Å². The van der Waals surface area contributed by atoms with E-state index in [0.29, 0.717) is 31.1 Å². The maximum atomic E-state index is 13.2. The second-order valence-electron chi connectivity index (χ2n) is 7.17. The van der Waals surface area contributed by atoms with Gasteiger partial charge in [0.05, 0.1) is 18.0 Å². The number of nitrogens with zero attached hydrogens (tertiary/aromatic N) is 2. The number of hydrazine groups is 1. The fourth-order valence-electron chi connectivity index (χ4n) is 4.14. The Balaban J connectivity index is 1.49. The van der Waals surface area contributed by atoms with Gasteiger partial charge in [0.15, 0.2) is 0 Å². The molecule has 1 aromatic carbocycles. The van der Waals surface area contributed by atoms with E-state index in [9.17, 15) is 9.59 Å². The van der Waals surface area contributed by atoms with Crippen LogP contribution in [0.3, 0.4) is 0 Å². The summed E-state index contributed by atoms with van der Waals surface area (Å²) in [5.41, 5.74) is 7.13. The summed E-state index contributed by atoms with van der Waals surface area (Å²) in [6, 6.07) is 7.76. The summed E-state index contributed by atoms with van der Waals surface area (Å²) in [5.74, 6) is -0.109. The van der Waals surface area contributed by atoms with Crippen LogP contribution < -0.4 is 16.2 Å². The second-order valence-corrected chi connectivity index (χ2v) is 7.61. The smallest absolute Gasteiger partial charge is 0.228 e. The van der Waals surface area contributed by atoms with E-state index in [-0.39, 0.29) is 29.8 Å². The van der Waals surface area contributed by atoms with E-state index in [0.717, 1.165) is 25.2 Å². The Labute approximate surface area is 158 Å². The molecule has 7 nitrogen and oxygen atoms in total. The van der Waals surface area contributed by atoms with Crippen LogP contribution >= 0.6 is 11.6 Å². The van der Waals surface area contributed by atoms with E-state index in [2.05, 4.69) is 16.2 Å². The molecule has 0 radical (unpaired) electrons. The van der Waals surface area contributed by atoms with Crippen molar-refractivity contribution in [3.8, 4) is 0 Å². The molecule has 0 saturated carbocycles. The molecule has 8 heteroatoms. The van der Waals surface area contributed by atoms with Crippen LogP contribution in [-0.2, 0) is 9.59 Å². The number of rotatable bonds is 3. The zero-order valence-corrected chi connectivity index (χ0v) is 15.3. The van der Waals surface area contributed by atoms with Crippen molar-refractivity contribution in [2.45, 2.75) is 18.5 Å². The molecule has 0 aliphatic carbocycles. The van der Waals surface area contributed by atoms with Gasteiger partial charge >= 0.3 is 0 Å². The summed E-state index contributed by atoms with van der Waals surface area (Å²) in [5, 5.41) is 4.03. The van der Waals surface area contributed by atoms with E-state index in [4.69, 9.17) is 11.6 Å². The third kappa shape index (κ3) is 3.44. The van der Waals surface area contributed by atoms with Crippen LogP contribution in [0.2, 0.25) is 5.02 Å². The van der Waals surface area contributed by atoms with Crippen molar-refractivity contribution in [3.63, 3.8) is 0 Å². The van der Waals surface area contributed by atoms with Crippen molar-refractivity contribution in [2.75, 3.05) is 39.3 Å². The number of likely N-dealkylation sites (tertiary alicyclic amines) is 1. The highest BCUT2D eigenvalue weighted by Gasteiger charge is 2.42. The monoisotopic (exact) mass is 377 g/mol. The summed E-state index contributed by atoms with van der Waals surface area (Å²) in [6.45, 7) is 4.08. The van der Waals surface area contributed by atoms with Crippen molar-refractivity contribution in [1.29, 1.82) is 0 Å². The van der Waals surface area contributed by atoms with Crippen LogP contribution in [0.15, 0.2) is 24.3 Å². The molecule has 0 spiro atoms. The molecule has 2 atom stereocenters. The van der Waals surface area contributed by atoms with Gasteiger partial charge in [0.25, 0.3) is 0 Å². The molecule has 140 valence electrons. The molecule has 2 amide bonds. The average molecular weight is 378 g/mol. The number of carbonyl (C=O) groups excluding carboxylic acids is 2. The normalized spacial score (nSPS) is 27.3. The van der Waals surface area contributed by atoms with Crippen LogP contribution in [-0.4, -0.2) is 66.9 Å². The van der Waals surface area contributed by atoms with Gasteiger partial charge in [-0.05, 0) is 17.7 Å². The van der Waals surface area contributed by atoms with Gasteiger partial charge in [0.2, 0.25) is 11.8 Å². The van der Waals surface area contributed by atoms with Gasteiger partial charge in [0.1, 0.15) is 0 Å². The number of amides is 2. The zero-order chi connectivity index (χ0) is 18.1. The van der Waals surface area contributed by atoms with Crippen LogP contribution in [0, 0.1) is 5.92 Å². The summed E-state index contributed by atoms with van der Waals surface area (Å²) in [7, 11) is 0. The Hall–Kier alpha value is -1.67. The van der Waals surface area contributed by atoms with E-state index >= 15 is 0 Å². The average Bonchev–Trinajstić information content (AvgIpc) is 3.30. The third-order valence-corrected chi connectivity index (χ3v) is 5.74. The van der Waals surface area contributed by atoms with Gasteiger partial charge in [-0.25, -0.2) is 0 Å². The number of hydrogen-bond donors (Lipinski definition) is 3. The molecule has 2 unspecified atom stereocenters. The minimum Gasteiger partial charge on any atom is -0.336 e. The number of halogens is 1. The third-order valence-electron chi connectivity index (χ3n) is 5.51. The standard InChI is InChI=1S/C18H24ClN5O2/c19-14-3-1-2-12(6-14)16-10-20-4-5-23(16)18(26)13-7-17(25)24(11-13)15-8-21-22-9-15/h1-3,6,13,15-16,20-22H,4-5,7-11H2. The lowest BCUT2D eigenvalue weighted by Gasteiger charge is -2.38. The molecule has 1 aromatic rings. The lowest BCUT2D eigenvalue weighted by Crippen LogP contribution is -2.51. The lowest BCUT2D eigenvalue weighted by molar-refractivity contribution is -0.139. The highest BCUT2D eigenvalue weighted by atomic mass is 35.5. The summed E-state index contributed by atoms with van der Waals surface area (Å²) in [4.78, 5) is 29.4. The van der Waals surface area contributed by atoms with Gasteiger partial charge in [-0.1, -0.05) is 23.7 Å². The Kier molecular flexibility index (Phi) is 5.13. The molecule has 3 aliphatic rings. The second kappa shape index (κ2) is 7.52. The first kappa shape index (κ1) is 17.7. The molecule has 3 fully saturated rings. The first-order valence-electron chi connectivity index (χ1n) is 9.15. The molecule has 26 heavy (non-hydrogen) atoms. The largest absolute Gasteiger partial charge is 0.336 e. The van der Waals surface area contributed by atoms with Crippen molar-refractivity contribution >= 4 is 23.4 Å². The minimum absolute atomic E-state index is 0.0473. The highest BCUT2D eigenvalue weighted by molar-refractivity contribution is 6.30. The molecule has 3 N–H and O–H groups in total. The molecule has 3 aliphatic heterocycles. The van der Waals surface area contributed by atoms with Gasteiger partial charge in [-0.15, -0.1) is 0 Å². The van der Waals surface area contributed by atoms with E-state index in [1.54, 1.807) is 0 Å². The van der Waals surface area contributed by atoms with Crippen molar-refractivity contribution in [2.24, 2.45) is 5.92 Å². The van der Waals surface area contributed by atoms with Crippen molar-refractivity contribution < 1.29 is 9.59 Å². The van der Waals surface area contributed by atoms with E-state index in [1.165, 1.54) is 0 Å². The Morgan fingerprint density at radius 1 is 1.19 bits per heavy atom. The maximum absolute atomic E-state index is 13.2. The predicted octanol–water partition coefficient (Wildman–Crippen LogP) is 0.138. The molecular formula is C18H24ClN5O2. The number of hydrogen-bond acceptors (Lipinski definition) is 5. The predicted molar refractivity (Wildman–Crippen MR) is 98.4 cm³/mol. The van der Waals surface area contributed by atoms with Crippen LogP contribution in [0.4, 0.5) is 0 Å². The fourth-order valence-corrected chi connectivity index (χ4v) is 4.34. The van der Waals surface area contributed by atoms with Gasteiger partial charge in [-0.3, -0.25) is 20.4 Å². The fraction of sp³-hybridized carbons (Fsp3) is 0.556. The highest BCUT2D eigenvalue weighted by Crippen LogP contribution is 2.29. The molecule has 0 bridgehead atoms. The Bertz CT molecular complexity index is 694. The number of carbonyl (C=O) groups is 2. The molecule has 4 rings (SSSR count). The first-order chi connectivity index (χ1) is 12.6. The Morgan fingerprint density at radius 2 is 2.00 bits per heavy atom. The molecule has 0 aromatic heterocycles. The summed E-state index contributed by atoms with van der Waals surface area (Å²) >= 11 is 6.14. The molecule has 3 saturated heterocycles. The van der Waals surface area contributed by atoms with E-state index < -0.39 is 0 Å². The van der Waals surface area contributed by atoms with Crippen LogP contribution in [0.1, 0.15) is 18.0 Å². The van der Waals surface area contributed by atoms with Gasteiger partial charge in [0, 0.05) is 50.7 Å². The number of benzene rings is 1. The van der Waals surface area contributed by atoms with Crippen molar-refractivity contribution in [3.05, 3.63) is 34.9 Å². The zero-order valence-electron chi connectivity index (χ0n) is 14.6. The van der Waals surface area contributed by atoms with Crippen LogP contribution in [0.5, 0.6) is 0 Å². The Morgan fingerprint density at radius 3 is 2.77 bits per heavy atom. The lowest BCUT2D eigenvalue weighted by atomic mass is 9.99. The number of piperazine rings is 1. The quantitative estimate of drug-likeness (QED) is 0.698. The maximum Gasteiger partial charge on any atom is 0.228 e. The van der Waals surface area contributed by atoms with Crippen LogP contribution in [0.25, 0.3) is 0 Å². The first-order valence-corrected chi connectivity index (χ1v) is 9.53. The van der Waals surface area contributed by atoms with E-state index in [1.807, 2.05) is 34.1 Å². The summed E-state index contributed by atoms with van der Waals surface area (Å²) in [6.07, 6.45) is 0.307. The van der Waals surface area contributed by atoms with Gasteiger partial charge in [-0.2, -0.15) is 0 Å². The van der Waals surface area contributed by atoms with Crippen molar-refractivity contribution in [1.82, 2.24) is 26.0 Å². The number of nitrogens with one attached hydrogen (secondary N) is 3. The molecular weight excluding hydrogens is 354 g/mol. The summed E-state index contributed by atoms with van der Waals surface area (Å²) < 4.78 is 0. The SMILES string of the molecule is O=C1CC(C(=O)N2CCNCC2c2cccc(Cl)c2)CN1C1CNNC1. The molecule has 3 heterocycles. The van der Waals surface area contributed by atoms with Gasteiger partial charge < -0.3 is 15.1 Å². The minimum atomic E-state index is -0.261.